The summed E-state index contributed by atoms with van der Waals surface area (Å²) in [6.45, 7) is 5.61. The lowest BCUT2D eigenvalue weighted by molar-refractivity contribution is 0.566. The molecule has 1 aromatic heterocycles. The molecule has 0 unspecified atom stereocenters. The van der Waals surface area contributed by atoms with Gasteiger partial charge >= 0.3 is 0 Å². The van der Waals surface area contributed by atoms with E-state index >= 15 is 0 Å². The Morgan fingerprint density at radius 2 is 2.36 bits per heavy atom. The molecule has 0 amide bonds. The zero-order valence-electron chi connectivity index (χ0n) is 8.19. The second-order valence-corrected chi connectivity index (χ2v) is 4.79. The first-order valence-electron chi connectivity index (χ1n) is 4.05. The van der Waals surface area contributed by atoms with Gasteiger partial charge in [0, 0.05) is 13.6 Å². The van der Waals surface area contributed by atoms with E-state index in [-0.39, 0.29) is 11.6 Å². The van der Waals surface area contributed by atoms with Crippen molar-refractivity contribution < 1.29 is 8.42 Å². The number of aryl methyl sites for hydroxylation is 1. The Morgan fingerprint density at radius 3 is 2.79 bits per heavy atom. The van der Waals surface area contributed by atoms with Crippen molar-refractivity contribution in [2.24, 2.45) is 7.05 Å². The van der Waals surface area contributed by atoms with Gasteiger partial charge in [-0.15, -0.1) is 0 Å². The number of hydrogen-bond acceptors (Lipinski definition) is 3. The van der Waals surface area contributed by atoms with Crippen LogP contribution in [0.3, 0.4) is 0 Å². The van der Waals surface area contributed by atoms with E-state index in [1.165, 1.54) is 16.9 Å². The lowest BCUT2D eigenvalue weighted by Gasteiger charge is -2.05. The fourth-order valence-electron chi connectivity index (χ4n) is 0.918. The van der Waals surface area contributed by atoms with Crippen LogP contribution in [0.1, 0.15) is 6.92 Å². The minimum atomic E-state index is -3.45. The highest BCUT2D eigenvalue weighted by Crippen LogP contribution is 2.05. The Labute approximate surface area is 83.5 Å². The van der Waals surface area contributed by atoms with Gasteiger partial charge in [0.2, 0.25) is 0 Å². The summed E-state index contributed by atoms with van der Waals surface area (Å²) in [6, 6.07) is 1.45. The van der Waals surface area contributed by atoms with Crippen LogP contribution in [0, 0.1) is 0 Å². The molecule has 1 rings (SSSR count). The van der Waals surface area contributed by atoms with E-state index in [2.05, 4.69) is 16.4 Å². The average Bonchev–Trinajstić information content (AvgIpc) is 2.48. The largest absolute Gasteiger partial charge is 0.257 e. The summed E-state index contributed by atoms with van der Waals surface area (Å²) in [6.07, 6.45) is 1.44. The molecular weight excluding hydrogens is 202 g/mol. The second-order valence-electron chi connectivity index (χ2n) is 3.07. The van der Waals surface area contributed by atoms with E-state index < -0.39 is 10.0 Å². The summed E-state index contributed by atoms with van der Waals surface area (Å²) in [7, 11) is -1.87. The number of rotatable bonds is 4. The highest BCUT2D eigenvalue weighted by molar-refractivity contribution is 7.89. The van der Waals surface area contributed by atoms with Crippen LogP contribution < -0.4 is 4.72 Å². The van der Waals surface area contributed by atoms with Gasteiger partial charge in [0.15, 0.2) is 5.03 Å². The van der Waals surface area contributed by atoms with Crippen molar-refractivity contribution in [2.75, 3.05) is 6.54 Å². The monoisotopic (exact) mass is 215 g/mol. The lowest BCUT2D eigenvalue weighted by Crippen LogP contribution is -2.27. The summed E-state index contributed by atoms with van der Waals surface area (Å²) in [5, 5.41) is 3.94. The quantitative estimate of drug-likeness (QED) is 0.733. The van der Waals surface area contributed by atoms with E-state index in [1.807, 2.05) is 0 Å². The molecule has 0 saturated carbocycles. The van der Waals surface area contributed by atoms with Crippen molar-refractivity contribution in [1.29, 1.82) is 0 Å². The van der Waals surface area contributed by atoms with Crippen LogP contribution in [0.5, 0.6) is 0 Å². The van der Waals surface area contributed by atoms with Crippen LogP contribution in [0.2, 0.25) is 0 Å². The molecule has 0 fully saturated rings. The first-order valence-corrected chi connectivity index (χ1v) is 5.54. The minimum Gasteiger partial charge on any atom is -0.256 e. The average molecular weight is 215 g/mol. The predicted octanol–water partition coefficient (Wildman–Crippen LogP) is 0.274. The molecule has 0 aromatic carbocycles. The molecule has 0 saturated heterocycles. The number of nitrogens with one attached hydrogen (secondary N) is 1. The van der Waals surface area contributed by atoms with E-state index in [0.717, 1.165) is 5.57 Å². The molecule has 6 heteroatoms. The summed E-state index contributed by atoms with van der Waals surface area (Å²) in [5.74, 6) is 0. The molecule has 1 N–H and O–H groups in total. The van der Waals surface area contributed by atoms with Crippen LogP contribution in [0.15, 0.2) is 29.4 Å². The third kappa shape index (κ3) is 2.43. The first-order chi connectivity index (χ1) is 6.43. The van der Waals surface area contributed by atoms with Crippen LogP contribution in [-0.2, 0) is 17.1 Å². The number of nitrogens with zero attached hydrogens (tertiary/aromatic N) is 2. The molecule has 0 radical (unpaired) electrons. The maximum atomic E-state index is 11.6. The summed E-state index contributed by atoms with van der Waals surface area (Å²) < 4.78 is 26.9. The van der Waals surface area contributed by atoms with Gasteiger partial charge in [0.25, 0.3) is 10.0 Å². The van der Waals surface area contributed by atoms with Gasteiger partial charge in [-0.25, -0.2) is 13.1 Å². The van der Waals surface area contributed by atoms with Crippen LogP contribution >= 0.6 is 0 Å². The number of hydrogen-bond donors (Lipinski definition) is 1. The second kappa shape index (κ2) is 3.93. The normalized spacial score (nSPS) is 11.6. The summed E-state index contributed by atoms with van der Waals surface area (Å²) >= 11 is 0. The molecule has 1 aromatic rings. The molecule has 0 spiro atoms. The smallest absolute Gasteiger partial charge is 0.256 e. The van der Waals surface area contributed by atoms with Crippen molar-refractivity contribution in [2.45, 2.75) is 11.9 Å². The van der Waals surface area contributed by atoms with Gasteiger partial charge in [0.05, 0.1) is 6.20 Å². The van der Waals surface area contributed by atoms with Crippen molar-refractivity contribution in [3.8, 4) is 0 Å². The standard InChI is InChI=1S/C8H13N3O2S/c1-7(2)6-10-14(12,13)8-4-5-9-11(8)3/h4-5,10H,1,6H2,2-3H3. The third-order valence-corrected chi connectivity index (χ3v) is 3.09. The molecular formula is C8H13N3O2S. The van der Waals surface area contributed by atoms with Gasteiger partial charge in [-0.05, 0) is 13.0 Å². The van der Waals surface area contributed by atoms with Crippen molar-refractivity contribution in [3.05, 3.63) is 24.4 Å². The van der Waals surface area contributed by atoms with Crippen LogP contribution in [0.25, 0.3) is 0 Å². The molecule has 0 bridgehead atoms. The minimum absolute atomic E-state index is 0.152. The molecule has 0 aliphatic carbocycles. The van der Waals surface area contributed by atoms with Crippen LogP contribution in [0.4, 0.5) is 0 Å². The molecule has 5 nitrogen and oxygen atoms in total. The van der Waals surface area contributed by atoms with Crippen molar-refractivity contribution in [3.63, 3.8) is 0 Å². The zero-order chi connectivity index (χ0) is 10.8. The van der Waals surface area contributed by atoms with Gasteiger partial charge in [-0.3, -0.25) is 4.68 Å². The topological polar surface area (TPSA) is 64.0 Å². The number of sulfonamides is 1. The maximum absolute atomic E-state index is 11.6. The van der Waals surface area contributed by atoms with Gasteiger partial charge in [0.1, 0.15) is 0 Å². The Hall–Kier alpha value is -1.14. The van der Waals surface area contributed by atoms with E-state index in [9.17, 15) is 8.42 Å². The summed E-state index contributed by atoms with van der Waals surface area (Å²) in [5.41, 5.74) is 0.760. The Kier molecular flexibility index (Phi) is 3.07. The van der Waals surface area contributed by atoms with E-state index in [4.69, 9.17) is 0 Å². The molecule has 0 aliphatic rings. The Morgan fingerprint density at radius 1 is 1.71 bits per heavy atom. The fraction of sp³-hybridized carbons (Fsp3) is 0.375. The predicted molar refractivity (Wildman–Crippen MR) is 53.2 cm³/mol. The highest BCUT2D eigenvalue weighted by atomic mass is 32.2. The van der Waals surface area contributed by atoms with Gasteiger partial charge in [-0.2, -0.15) is 5.10 Å². The number of aromatic nitrogens is 2. The third-order valence-electron chi connectivity index (χ3n) is 1.62. The summed E-state index contributed by atoms with van der Waals surface area (Å²) in [4.78, 5) is 0. The van der Waals surface area contributed by atoms with Crippen molar-refractivity contribution in [1.82, 2.24) is 14.5 Å². The molecule has 0 atom stereocenters. The lowest BCUT2D eigenvalue weighted by atomic mass is 10.4. The SMILES string of the molecule is C=C(C)CNS(=O)(=O)c1ccnn1C. The zero-order valence-corrected chi connectivity index (χ0v) is 9.00. The van der Waals surface area contributed by atoms with Crippen LogP contribution in [-0.4, -0.2) is 24.7 Å². The van der Waals surface area contributed by atoms with Crippen molar-refractivity contribution >= 4 is 10.0 Å². The molecule has 14 heavy (non-hydrogen) atoms. The van der Waals surface area contributed by atoms with E-state index in [0.29, 0.717) is 0 Å². The highest BCUT2D eigenvalue weighted by Gasteiger charge is 2.16. The fourth-order valence-corrected chi connectivity index (χ4v) is 2.14. The van der Waals surface area contributed by atoms with Gasteiger partial charge < -0.3 is 0 Å². The molecule has 1 heterocycles. The first kappa shape index (κ1) is 10.9. The Bertz CT molecular complexity index is 433. The molecule has 78 valence electrons. The molecule has 0 aliphatic heterocycles. The van der Waals surface area contributed by atoms with Gasteiger partial charge in [-0.1, -0.05) is 12.2 Å². The maximum Gasteiger partial charge on any atom is 0.257 e. The Balaban J connectivity index is 2.87. The van der Waals surface area contributed by atoms with E-state index in [1.54, 1.807) is 14.0 Å².